The highest BCUT2D eigenvalue weighted by Crippen LogP contribution is 2.28. The topological polar surface area (TPSA) is 120 Å². The smallest absolute Gasteiger partial charge is 0.573 e. The second-order valence-electron chi connectivity index (χ2n) is 10.2. The summed E-state index contributed by atoms with van der Waals surface area (Å²) >= 11 is 0. The second-order valence-corrected chi connectivity index (χ2v) is 10.2. The highest BCUT2D eigenvalue weighted by Gasteiger charge is 2.31. The molecule has 2 atom stereocenters. The van der Waals surface area contributed by atoms with Crippen molar-refractivity contribution < 1.29 is 36.6 Å². The Labute approximate surface area is 235 Å². The second kappa shape index (κ2) is 13.4. The molecule has 12 heteroatoms. The van der Waals surface area contributed by atoms with Crippen molar-refractivity contribution in [2.75, 3.05) is 11.9 Å². The molecule has 1 aliphatic carbocycles. The molecule has 0 radical (unpaired) electrons. The van der Waals surface area contributed by atoms with Crippen molar-refractivity contribution in [3.63, 3.8) is 0 Å². The molecule has 0 unspecified atom stereocenters. The summed E-state index contributed by atoms with van der Waals surface area (Å²) in [7, 11) is 0. The van der Waals surface area contributed by atoms with Crippen LogP contribution < -0.4 is 25.4 Å². The van der Waals surface area contributed by atoms with E-state index in [4.69, 9.17) is 4.42 Å². The van der Waals surface area contributed by atoms with Crippen LogP contribution in [0.1, 0.15) is 56.0 Å². The first-order valence-electron chi connectivity index (χ1n) is 13.6. The van der Waals surface area contributed by atoms with Gasteiger partial charge in [-0.3, -0.25) is 9.59 Å². The van der Waals surface area contributed by atoms with E-state index in [1.54, 1.807) is 25.1 Å². The molecule has 3 N–H and O–H groups in total. The Hall–Kier alpha value is -4.22. The Bertz CT molecular complexity index is 1310. The lowest BCUT2D eigenvalue weighted by molar-refractivity contribution is -0.604. The maximum atomic E-state index is 13.3. The number of alkyl halides is 3. The molecule has 41 heavy (non-hydrogen) atoms. The number of nitrogens with zero attached hydrogens (tertiary/aromatic N) is 1. The van der Waals surface area contributed by atoms with Crippen LogP contribution in [-0.4, -0.2) is 36.8 Å². The van der Waals surface area contributed by atoms with Crippen LogP contribution in [0.3, 0.4) is 0 Å². The molecule has 2 heterocycles. The fourth-order valence-electron chi connectivity index (χ4n) is 4.87. The van der Waals surface area contributed by atoms with Crippen LogP contribution in [0.15, 0.2) is 65.3 Å². The van der Waals surface area contributed by atoms with Crippen LogP contribution in [0.4, 0.5) is 18.9 Å². The van der Waals surface area contributed by atoms with E-state index in [0.29, 0.717) is 40.6 Å². The molecule has 1 saturated carbocycles. The molecular weight excluding hydrogens is 541 g/mol. The van der Waals surface area contributed by atoms with Crippen molar-refractivity contribution in [2.45, 2.75) is 63.9 Å². The number of aromatic nitrogens is 1. The number of hydrogen-bond donors (Lipinski definition) is 3. The van der Waals surface area contributed by atoms with Gasteiger partial charge in [0.05, 0.1) is 5.56 Å². The normalized spacial score (nSPS) is 15.5. The Morgan fingerprint density at radius 3 is 2.49 bits per heavy atom. The number of carbonyl (C=O) groups is 2. The predicted octanol–water partition coefficient (Wildman–Crippen LogP) is 5.16. The monoisotopic (exact) mass is 574 g/mol. The van der Waals surface area contributed by atoms with Gasteiger partial charge in [0.15, 0.2) is 18.2 Å². The molecule has 0 saturated heterocycles. The van der Waals surface area contributed by atoms with Crippen LogP contribution in [0.25, 0.3) is 11.3 Å². The molecule has 4 rings (SSSR count). The van der Waals surface area contributed by atoms with Gasteiger partial charge in [0, 0.05) is 24.3 Å². The van der Waals surface area contributed by atoms with Gasteiger partial charge in [0.1, 0.15) is 17.6 Å². The molecule has 220 valence electrons. The number of carbonyl (C=O) groups excluding carboxylic acids is 2. The third kappa shape index (κ3) is 9.16. The number of hydrogen-bond acceptors (Lipinski definition) is 6. The minimum Gasteiger partial charge on any atom is -0.619 e. The molecule has 1 aromatic carbocycles. The Morgan fingerprint density at radius 2 is 1.80 bits per heavy atom. The van der Waals surface area contributed by atoms with Crippen LogP contribution in [0.5, 0.6) is 5.75 Å². The zero-order chi connectivity index (χ0) is 29.4. The zero-order valence-corrected chi connectivity index (χ0v) is 22.6. The molecule has 3 aromatic rings. The van der Waals surface area contributed by atoms with Crippen LogP contribution >= 0.6 is 0 Å². The van der Waals surface area contributed by atoms with Gasteiger partial charge in [0.25, 0.3) is 5.91 Å². The predicted molar refractivity (Wildman–Crippen MR) is 145 cm³/mol. The number of halogens is 3. The zero-order valence-electron chi connectivity index (χ0n) is 22.6. The van der Waals surface area contributed by atoms with E-state index in [2.05, 4.69) is 20.7 Å². The van der Waals surface area contributed by atoms with Gasteiger partial charge >= 0.3 is 6.36 Å². The SMILES string of the molecule is C[C@@H](CNc1ccc(OC(F)(F)F)cc1)NC(=O)[C@H](CC1CCCCC1)NC(=O)c1ccc(-c2ccc[n+]([O-])c2)o1. The van der Waals surface area contributed by atoms with Crippen LogP contribution in [0.2, 0.25) is 0 Å². The van der Waals surface area contributed by atoms with Gasteiger partial charge in [-0.2, -0.15) is 4.73 Å². The van der Waals surface area contributed by atoms with Crippen molar-refractivity contribution in [3.8, 4) is 17.1 Å². The van der Waals surface area contributed by atoms with Gasteiger partial charge in [-0.1, -0.05) is 32.1 Å². The number of nitrogens with one attached hydrogen (secondary N) is 3. The number of rotatable bonds is 11. The number of pyridine rings is 1. The number of furan rings is 1. The number of amides is 2. The van der Waals surface area contributed by atoms with Gasteiger partial charge in [-0.05, 0) is 61.7 Å². The maximum absolute atomic E-state index is 13.3. The van der Waals surface area contributed by atoms with E-state index in [9.17, 15) is 28.0 Å². The summed E-state index contributed by atoms with van der Waals surface area (Å²) in [6.07, 6.45) is 3.69. The standard InChI is InChI=1S/C29H33F3N4O5/c1-19(17-33-22-9-11-23(12-10-22)41-29(30,31)32)34-27(37)24(16-20-6-3-2-4-7-20)35-28(38)26-14-13-25(40-26)21-8-5-15-36(39)18-21/h5,8-15,18-20,24,33H,2-4,6-7,16-17H2,1H3,(H,34,37)(H,35,38)/t19-,24-/m0/s1. The third-order valence-electron chi connectivity index (χ3n) is 6.89. The molecule has 0 spiro atoms. The van der Waals surface area contributed by atoms with E-state index in [-0.39, 0.29) is 23.5 Å². The highest BCUT2D eigenvalue weighted by molar-refractivity contribution is 5.96. The van der Waals surface area contributed by atoms with E-state index < -0.39 is 18.3 Å². The molecule has 1 fully saturated rings. The lowest BCUT2D eigenvalue weighted by Gasteiger charge is -2.27. The number of ether oxygens (including phenoxy) is 1. The molecule has 9 nitrogen and oxygen atoms in total. The van der Waals surface area contributed by atoms with Crippen molar-refractivity contribution >= 4 is 17.5 Å². The van der Waals surface area contributed by atoms with Gasteiger partial charge in [0.2, 0.25) is 5.91 Å². The van der Waals surface area contributed by atoms with Gasteiger partial charge in [-0.25, -0.2) is 0 Å². The van der Waals surface area contributed by atoms with Crippen molar-refractivity contribution in [3.05, 3.63) is 71.9 Å². The molecular formula is C29H33F3N4O5. The summed E-state index contributed by atoms with van der Waals surface area (Å²) in [6.45, 7) is 2.08. The third-order valence-corrected chi connectivity index (χ3v) is 6.89. The lowest BCUT2D eigenvalue weighted by atomic mass is 9.84. The van der Waals surface area contributed by atoms with E-state index in [0.717, 1.165) is 32.1 Å². The van der Waals surface area contributed by atoms with Crippen molar-refractivity contribution in [1.29, 1.82) is 0 Å². The van der Waals surface area contributed by atoms with Crippen molar-refractivity contribution in [2.24, 2.45) is 5.92 Å². The summed E-state index contributed by atoms with van der Waals surface area (Å²) in [4.78, 5) is 26.4. The lowest BCUT2D eigenvalue weighted by Crippen LogP contribution is -2.51. The Balaban J connectivity index is 1.36. The fraction of sp³-hybridized carbons (Fsp3) is 0.414. The average molecular weight is 575 g/mol. The Kier molecular flexibility index (Phi) is 9.74. The van der Waals surface area contributed by atoms with E-state index in [1.165, 1.54) is 42.7 Å². The van der Waals surface area contributed by atoms with E-state index in [1.807, 2.05) is 0 Å². The molecule has 0 bridgehead atoms. The molecule has 1 aliphatic rings. The summed E-state index contributed by atoms with van der Waals surface area (Å²) in [5.74, 6) is -0.525. The van der Waals surface area contributed by atoms with Crippen LogP contribution in [-0.2, 0) is 4.79 Å². The average Bonchev–Trinajstić information content (AvgIpc) is 3.43. The summed E-state index contributed by atoms with van der Waals surface area (Å²) in [5, 5.41) is 20.4. The maximum Gasteiger partial charge on any atom is 0.573 e. The molecule has 2 aromatic heterocycles. The van der Waals surface area contributed by atoms with Crippen molar-refractivity contribution in [1.82, 2.24) is 10.6 Å². The Morgan fingerprint density at radius 1 is 1.07 bits per heavy atom. The first kappa shape index (κ1) is 29.8. The largest absolute Gasteiger partial charge is 0.619 e. The van der Waals surface area contributed by atoms with Gasteiger partial charge in [-0.15, -0.1) is 13.2 Å². The minimum atomic E-state index is -4.76. The summed E-state index contributed by atoms with van der Waals surface area (Å²) in [5.41, 5.74) is 1.07. The van der Waals surface area contributed by atoms with Gasteiger partial charge < -0.3 is 30.3 Å². The summed E-state index contributed by atoms with van der Waals surface area (Å²) in [6, 6.07) is 10.5. The first-order chi connectivity index (χ1) is 19.6. The fourth-order valence-corrected chi connectivity index (χ4v) is 4.87. The molecule has 0 aliphatic heterocycles. The summed E-state index contributed by atoms with van der Waals surface area (Å²) < 4.78 is 47.3. The minimum absolute atomic E-state index is 0.0235. The number of anilines is 1. The number of benzene rings is 1. The quantitative estimate of drug-likeness (QED) is 0.215. The first-order valence-corrected chi connectivity index (χ1v) is 13.6. The van der Waals surface area contributed by atoms with E-state index >= 15 is 0 Å². The van der Waals surface area contributed by atoms with Crippen LogP contribution in [0, 0.1) is 11.1 Å². The highest BCUT2D eigenvalue weighted by atomic mass is 19.4. The molecule has 2 amide bonds.